The highest BCUT2D eigenvalue weighted by Gasteiger charge is 2.69. The van der Waals surface area contributed by atoms with E-state index in [0.29, 0.717) is 39.9 Å². The van der Waals surface area contributed by atoms with Gasteiger partial charge in [0.05, 0.1) is 30.3 Å². The van der Waals surface area contributed by atoms with E-state index < -0.39 is 0 Å². The molecule has 1 aromatic heterocycles. The third-order valence-electron chi connectivity index (χ3n) is 12.0. The Morgan fingerprint density at radius 1 is 0.881 bits per heavy atom. The summed E-state index contributed by atoms with van der Waals surface area (Å²) in [5, 5.41) is 3.98. The van der Waals surface area contributed by atoms with Gasteiger partial charge in [-0.25, -0.2) is 14.4 Å². The quantitative estimate of drug-likeness (QED) is 0.289. The van der Waals surface area contributed by atoms with E-state index in [1.54, 1.807) is 19.2 Å². The topological polar surface area (TPSA) is 59.5 Å². The molecule has 1 aliphatic rings. The lowest BCUT2D eigenvalue weighted by Gasteiger charge is -2.74. The highest BCUT2D eigenvalue weighted by Crippen LogP contribution is 2.67. The average molecular weight is 644 g/mol. The molecule has 0 radical (unpaired) electrons. The average Bonchev–Trinajstić information content (AvgIpc) is 2.89. The molecule has 0 spiro atoms. The summed E-state index contributed by atoms with van der Waals surface area (Å²) < 4.78 is 28.4. The predicted octanol–water partition coefficient (Wildman–Crippen LogP) is 9.15. The van der Waals surface area contributed by atoms with Gasteiger partial charge in [-0.3, -0.25) is 4.90 Å². The summed E-state index contributed by atoms with van der Waals surface area (Å²) in [5.74, 6) is 2.05. The Morgan fingerprint density at radius 2 is 1.45 bits per heavy atom. The molecular formula is C34H48BrFN4O2. The van der Waals surface area contributed by atoms with Crippen LogP contribution in [0.4, 0.5) is 15.9 Å². The Morgan fingerprint density at radius 3 is 1.98 bits per heavy atom. The van der Waals surface area contributed by atoms with E-state index >= 15 is 0 Å². The van der Waals surface area contributed by atoms with Gasteiger partial charge >= 0.3 is 0 Å². The fourth-order valence-corrected chi connectivity index (χ4v) is 7.57. The van der Waals surface area contributed by atoms with E-state index in [1.165, 1.54) is 6.07 Å². The molecule has 1 saturated heterocycles. The first-order chi connectivity index (χ1) is 19.2. The lowest BCUT2D eigenvalue weighted by atomic mass is 9.41. The van der Waals surface area contributed by atoms with Crippen LogP contribution in [0.5, 0.6) is 11.5 Å². The number of anilines is 2. The Hall–Kier alpha value is -2.45. The van der Waals surface area contributed by atoms with Crippen molar-refractivity contribution in [3.8, 4) is 11.5 Å². The van der Waals surface area contributed by atoms with Gasteiger partial charge in [0, 0.05) is 32.1 Å². The second-order valence-electron chi connectivity index (χ2n) is 14.3. The molecule has 2 aromatic carbocycles. The van der Waals surface area contributed by atoms with Gasteiger partial charge in [0.1, 0.15) is 17.5 Å². The Kier molecular flexibility index (Phi) is 7.98. The zero-order valence-electron chi connectivity index (χ0n) is 27.9. The number of halogens is 2. The van der Waals surface area contributed by atoms with Crippen molar-refractivity contribution in [3.05, 3.63) is 45.4 Å². The predicted molar refractivity (Wildman–Crippen MR) is 175 cm³/mol. The number of nitrogens with one attached hydrogen (secondary N) is 1. The third-order valence-corrected chi connectivity index (χ3v) is 12.5. The highest BCUT2D eigenvalue weighted by atomic mass is 79.9. The standard InChI is InChI=1S/C34H48BrFN4O2/c1-19-25-26(37-21(3)38-29(25)39-24-16-15-22(35)17-23(24)36)20(2)28(27(19)41-14)42-18-34(12)30(4,5)32(8,9)40(13)33(10,11)31(34,6)7/h15-17H,18H2,1-14H3,(H,37,38,39). The molecule has 2 heterocycles. The molecule has 8 heteroatoms. The van der Waals surface area contributed by atoms with Gasteiger partial charge in [-0.1, -0.05) is 50.5 Å². The smallest absolute Gasteiger partial charge is 0.166 e. The van der Waals surface area contributed by atoms with Crippen LogP contribution < -0.4 is 14.8 Å². The van der Waals surface area contributed by atoms with Gasteiger partial charge in [0.2, 0.25) is 0 Å². The molecule has 0 atom stereocenters. The minimum atomic E-state index is -0.377. The summed E-state index contributed by atoms with van der Waals surface area (Å²) in [7, 11) is 3.91. The molecule has 0 aliphatic carbocycles. The van der Waals surface area contributed by atoms with Crippen LogP contribution in [0.25, 0.3) is 10.9 Å². The van der Waals surface area contributed by atoms with E-state index in [1.807, 2.05) is 20.8 Å². The monoisotopic (exact) mass is 642 g/mol. The number of hydrogen-bond donors (Lipinski definition) is 1. The van der Waals surface area contributed by atoms with Crippen molar-refractivity contribution >= 4 is 38.3 Å². The highest BCUT2D eigenvalue weighted by molar-refractivity contribution is 9.10. The molecule has 1 fully saturated rings. The third kappa shape index (κ3) is 4.42. The van der Waals surface area contributed by atoms with Gasteiger partial charge in [0.15, 0.2) is 11.5 Å². The molecule has 4 rings (SSSR count). The van der Waals surface area contributed by atoms with Crippen LogP contribution in [0.2, 0.25) is 0 Å². The maximum absolute atomic E-state index is 14.8. The van der Waals surface area contributed by atoms with Crippen molar-refractivity contribution in [1.82, 2.24) is 14.9 Å². The largest absolute Gasteiger partial charge is 0.493 e. The van der Waals surface area contributed by atoms with Crippen LogP contribution in [0.3, 0.4) is 0 Å². The fraction of sp³-hybridized carbons (Fsp3) is 0.588. The number of aryl methyl sites for hydroxylation is 3. The van der Waals surface area contributed by atoms with Gasteiger partial charge in [-0.15, -0.1) is 0 Å². The van der Waals surface area contributed by atoms with Gasteiger partial charge in [-0.2, -0.15) is 0 Å². The SMILES string of the molecule is COc1c(OCC2(C)C(C)(C)C(C)(C)N(C)C(C)(C)C2(C)C)c(C)c2nc(C)nc(Nc3ccc(Br)cc3F)c2c1C. The molecule has 1 aliphatic heterocycles. The maximum Gasteiger partial charge on any atom is 0.166 e. The minimum absolute atomic E-state index is 0.101. The van der Waals surface area contributed by atoms with Crippen molar-refractivity contribution < 1.29 is 13.9 Å². The van der Waals surface area contributed by atoms with Crippen molar-refractivity contribution in [2.45, 2.75) is 94.2 Å². The normalized spacial score (nSPS) is 20.4. The number of benzene rings is 2. The molecular weight excluding hydrogens is 595 g/mol. The van der Waals surface area contributed by atoms with Crippen molar-refractivity contribution in [1.29, 1.82) is 0 Å². The Balaban J connectivity index is 1.87. The molecule has 0 amide bonds. The summed E-state index contributed by atoms with van der Waals surface area (Å²) in [5.41, 5.74) is 2.11. The van der Waals surface area contributed by atoms with Crippen LogP contribution in [-0.2, 0) is 0 Å². The van der Waals surface area contributed by atoms with E-state index in [0.717, 1.165) is 22.0 Å². The fourth-order valence-electron chi connectivity index (χ4n) is 7.24. The molecule has 0 unspecified atom stereocenters. The van der Waals surface area contributed by atoms with E-state index in [9.17, 15) is 4.39 Å². The maximum atomic E-state index is 14.8. The second-order valence-corrected chi connectivity index (χ2v) is 15.2. The number of ether oxygens (including phenoxy) is 2. The van der Waals surface area contributed by atoms with E-state index in [4.69, 9.17) is 14.5 Å². The number of rotatable bonds is 6. The Bertz CT molecular complexity index is 1520. The van der Waals surface area contributed by atoms with Crippen molar-refractivity contribution in [3.63, 3.8) is 0 Å². The lowest BCUT2D eigenvalue weighted by Crippen LogP contribution is -2.78. The summed E-state index contributed by atoms with van der Waals surface area (Å²) in [6.45, 7) is 27.6. The van der Waals surface area contributed by atoms with Gasteiger partial charge in [-0.05, 0) is 84.5 Å². The number of likely N-dealkylation sites (tertiary alicyclic amines) is 1. The molecule has 0 saturated carbocycles. The van der Waals surface area contributed by atoms with Crippen molar-refractivity contribution in [2.75, 3.05) is 26.1 Å². The summed E-state index contributed by atoms with van der Waals surface area (Å²) in [6, 6.07) is 4.91. The number of hydrogen-bond acceptors (Lipinski definition) is 6. The first-order valence-corrected chi connectivity index (χ1v) is 15.4. The minimum Gasteiger partial charge on any atom is -0.493 e. The Labute approximate surface area is 259 Å². The molecule has 0 bridgehead atoms. The number of piperidine rings is 1. The van der Waals surface area contributed by atoms with E-state index in [2.05, 4.69) is 100 Å². The molecule has 230 valence electrons. The molecule has 6 nitrogen and oxygen atoms in total. The summed E-state index contributed by atoms with van der Waals surface area (Å²) in [6.07, 6.45) is 0. The summed E-state index contributed by atoms with van der Waals surface area (Å²) in [4.78, 5) is 12.1. The summed E-state index contributed by atoms with van der Waals surface area (Å²) >= 11 is 3.33. The molecule has 1 N–H and O–H groups in total. The molecule has 42 heavy (non-hydrogen) atoms. The van der Waals surface area contributed by atoms with Crippen LogP contribution in [0.15, 0.2) is 22.7 Å². The van der Waals surface area contributed by atoms with Crippen LogP contribution in [-0.4, -0.2) is 46.7 Å². The number of methoxy groups -OCH3 is 1. The number of aromatic nitrogens is 2. The lowest BCUT2D eigenvalue weighted by molar-refractivity contribution is -0.254. The van der Waals surface area contributed by atoms with Crippen LogP contribution >= 0.6 is 15.9 Å². The van der Waals surface area contributed by atoms with Crippen LogP contribution in [0, 0.1) is 42.8 Å². The van der Waals surface area contributed by atoms with Crippen molar-refractivity contribution in [2.24, 2.45) is 16.2 Å². The zero-order valence-corrected chi connectivity index (χ0v) is 29.4. The first kappa shape index (κ1) is 32.5. The zero-order chi connectivity index (χ0) is 31.8. The first-order valence-electron chi connectivity index (χ1n) is 14.6. The molecule has 3 aromatic rings. The number of nitrogens with zero attached hydrogens (tertiary/aromatic N) is 3. The van der Waals surface area contributed by atoms with Crippen LogP contribution in [0.1, 0.15) is 79.3 Å². The van der Waals surface area contributed by atoms with Gasteiger partial charge in [0.25, 0.3) is 0 Å². The van der Waals surface area contributed by atoms with E-state index in [-0.39, 0.29) is 33.1 Å². The second kappa shape index (κ2) is 10.3. The van der Waals surface area contributed by atoms with Gasteiger partial charge < -0.3 is 14.8 Å². The number of fused-ring (bicyclic) bond motifs is 1.